The first-order valence-corrected chi connectivity index (χ1v) is 14.2. The van der Waals surface area contributed by atoms with Gasteiger partial charge in [0.15, 0.2) is 8.32 Å². The number of aromatic amines is 1. The van der Waals surface area contributed by atoms with Gasteiger partial charge >= 0.3 is 0 Å². The van der Waals surface area contributed by atoms with Crippen LogP contribution >= 0.6 is 15.9 Å². The molecule has 0 aliphatic rings. The summed E-state index contributed by atoms with van der Waals surface area (Å²) in [4.78, 5) is 15.0. The molecule has 6 heteroatoms. The molecule has 0 spiro atoms. The molecule has 0 saturated carbocycles. The van der Waals surface area contributed by atoms with Crippen LogP contribution in [-0.4, -0.2) is 18.6 Å². The Morgan fingerprint density at radius 2 is 1.77 bits per heavy atom. The second-order valence-electron chi connectivity index (χ2n) is 8.83. The van der Waals surface area contributed by atoms with Gasteiger partial charge in [0.1, 0.15) is 12.4 Å². The van der Waals surface area contributed by atoms with E-state index in [1.165, 1.54) is 0 Å². The van der Waals surface area contributed by atoms with Crippen LogP contribution < -0.4 is 10.3 Å². The Hall–Kier alpha value is -1.89. The number of pyridine rings is 1. The van der Waals surface area contributed by atoms with Crippen LogP contribution in [0, 0.1) is 0 Å². The van der Waals surface area contributed by atoms with E-state index in [0.717, 1.165) is 21.8 Å². The van der Waals surface area contributed by atoms with E-state index in [2.05, 4.69) is 60.8 Å². The Labute approximate surface area is 187 Å². The number of hydrogen-bond donors (Lipinski definition) is 1. The van der Waals surface area contributed by atoms with Gasteiger partial charge in [0.05, 0.1) is 11.6 Å². The average molecular weight is 488 g/mol. The van der Waals surface area contributed by atoms with Gasteiger partial charge in [-0.15, -0.1) is 0 Å². The van der Waals surface area contributed by atoms with Gasteiger partial charge in [0, 0.05) is 16.8 Å². The Bertz CT molecular complexity index is 1060. The van der Waals surface area contributed by atoms with E-state index in [4.69, 9.17) is 9.16 Å². The quantitative estimate of drug-likeness (QED) is 0.288. The first-order valence-electron chi connectivity index (χ1n) is 10.2. The molecule has 0 radical (unpaired) electrons. The highest BCUT2D eigenvalue weighted by Gasteiger charge is 2.41. The minimum Gasteiger partial charge on any atom is -0.487 e. The van der Waals surface area contributed by atoms with Gasteiger partial charge in [-0.3, -0.25) is 4.79 Å². The summed E-state index contributed by atoms with van der Waals surface area (Å²) in [5.74, 6) is 0.666. The molecule has 0 amide bonds. The van der Waals surface area contributed by atoms with Gasteiger partial charge in [0.2, 0.25) is 5.56 Å². The number of fused-ring (bicyclic) bond motifs is 1. The molecular weight excluding hydrogens is 458 g/mol. The normalized spacial score (nSPS) is 13.4. The van der Waals surface area contributed by atoms with Crippen LogP contribution in [0.15, 0.2) is 59.4 Å². The van der Waals surface area contributed by atoms with Crippen molar-refractivity contribution >= 4 is 35.2 Å². The fraction of sp³-hybridized carbons (Fsp3) is 0.375. The van der Waals surface area contributed by atoms with Crippen molar-refractivity contribution in [2.75, 3.05) is 5.33 Å². The van der Waals surface area contributed by atoms with Crippen LogP contribution in [0.2, 0.25) is 18.1 Å². The molecule has 1 aromatic heterocycles. The van der Waals surface area contributed by atoms with Crippen LogP contribution in [0.3, 0.4) is 0 Å². The highest BCUT2D eigenvalue weighted by molar-refractivity contribution is 9.09. The maximum absolute atomic E-state index is 12.0. The van der Waals surface area contributed by atoms with E-state index in [0.29, 0.717) is 17.9 Å². The van der Waals surface area contributed by atoms with Crippen LogP contribution in [0.25, 0.3) is 10.9 Å². The monoisotopic (exact) mass is 487 g/mol. The van der Waals surface area contributed by atoms with Crippen molar-refractivity contribution in [3.05, 3.63) is 76.1 Å². The van der Waals surface area contributed by atoms with Crippen molar-refractivity contribution in [2.45, 2.75) is 51.6 Å². The lowest BCUT2D eigenvalue weighted by Crippen LogP contribution is -2.44. The zero-order valence-electron chi connectivity index (χ0n) is 18.3. The maximum Gasteiger partial charge on any atom is 0.248 e. The van der Waals surface area contributed by atoms with Gasteiger partial charge in [-0.2, -0.15) is 0 Å². The number of benzene rings is 2. The average Bonchev–Trinajstić information content (AvgIpc) is 2.72. The number of aromatic nitrogens is 1. The molecule has 0 fully saturated rings. The summed E-state index contributed by atoms with van der Waals surface area (Å²) >= 11 is 3.65. The van der Waals surface area contributed by atoms with Crippen LogP contribution in [0.1, 0.15) is 38.0 Å². The molecule has 0 saturated heterocycles. The Kier molecular flexibility index (Phi) is 6.90. The van der Waals surface area contributed by atoms with Gasteiger partial charge in [-0.1, -0.05) is 66.2 Å². The summed E-state index contributed by atoms with van der Waals surface area (Å²) in [5.41, 5.74) is 2.70. The minimum atomic E-state index is -2.00. The molecular formula is C24H30BrNO3Si. The van der Waals surface area contributed by atoms with Gasteiger partial charge < -0.3 is 14.1 Å². The van der Waals surface area contributed by atoms with E-state index in [-0.39, 0.29) is 16.7 Å². The van der Waals surface area contributed by atoms with E-state index in [1.807, 2.05) is 42.5 Å². The van der Waals surface area contributed by atoms with E-state index >= 15 is 0 Å². The second-order valence-corrected chi connectivity index (χ2v) is 14.0. The molecule has 3 rings (SSSR count). The predicted octanol–water partition coefficient (Wildman–Crippen LogP) is 6.56. The molecule has 1 N–H and O–H groups in total. The van der Waals surface area contributed by atoms with E-state index < -0.39 is 8.32 Å². The first kappa shape index (κ1) is 22.8. The fourth-order valence-electron chi connectivity index (χ4n) is 3.28. The summed E-state index contributed by atoms with van der Waals surface area (Å²) in [6, 6.07) is 17.4. The molecule has 1 atom stereocenters. The highest BCUT2D eigenvalue weighted by atomic mass is 79.9. The Morgan fingerprint density at radius 1 is 1.07 bits per heavy atom. The zero-order chi connectivity index (χ0) is 21.9. The predicted molar refractivity (Wildman–Crippen MR) is 130 cm³/mol. The molecule has 160 valence electrons. The largest absolute Gasteiger partial charge is 0.487 e. The minimum absolute atomic E-state index is 0.0874. The Morgan fingerprint density at radius 3 is 2.43 bits per heavy atom. The van der Waals surface area contributed by atoms with Crippen LogP contribution in [-0.2, 0) is 11.0 Å². The fourth-order valence-corrected chi connectivity index (χ4v) is 6.96. The number of ether oxygens (including phenoxy) is 1. The number of rotatable bonds is 8. The van der Waals surface area contributed by atoms with Crippen LogP contribution in [0.5, 0.6) is 5.75 Å². The zero-order valence-corrected chi connectivity index (χ0v) is 20.9. The number of alkyl halides is 1. The topological polar surface area (TPSA) is 51.3 Å². The third kappa shape index (κ3) is 4.87. The lowest BCUT2D eigenvalue weighted by Gasteiger charge is -2.40. The van der Waals surface area contributed by atoms with Crippen molar-refractivity contribution in [3.63, 3.8) is 0 Å². The summed E-state index contributed by atoms with van der Waals surface area (Å²) in [6.45, 7) is 11.5. The van der Waals surface area contributed by atoms with Crippen molar-refractivity contribution in [1.82, 2.24) is 4.98 Å². The van der Waals surface area contributed by atoms with E-state index in [1.54, 1.807) is 6.07 Å². The smallest absolute Gasteiger partial charge is 0.248 e. The molecule has 30 heavy (non-hydrogen) atoms. The number of nitrogens with one attached hydrogen (secondary N) is 1. The molecule has 0 aliphatic heterocycles. The first-order chi connectivity index (χ1) is 14.1. The standard InChI is InChI=1S/C24H30BrNO3Si/c1-17(29-30(4,5)24(2,3)16-25)19-11-13-21(23-20(19)12-14-22(27)26-23)28-15-18-9-7-6-8-10-18/h6-14,17H,15-16H2,1-5H3,(H,26,27)/t17-/m1/s1. The van der Waals surface area contributed by atoms with Gasteiger partial charge in [-0.25, -0.2) is 0 Å². The molecule has 0 aliphatic carbocycles. The number of halogens is 1. The molecule has 0 unspecified atom stereocenters. The van der Waals surface area contributed by atoms with Crippen molar-refractivity contribution < 1.29 is 9.16 Å². The summed E-state index contributed by atoms with van der Waals surface area (Å²) in [7, 11) is -2.00. The summed E-state index contributed by atoms with van der Waals surface area (Å²) < 4.78 is 12.7. The Balaban J connectivity index is 1.94. The molecule has 1 heterocycles. The van der Waals surface area contributed by atoms with Crippen molar-refractivity contribution in [1.29, 1.82) is 0 Å². The van der Waals surface area contributed by atoms with Gasteiger partial charge in [0.25, 0.3) is 0 Å². The highest BCUT2D eigenvalue weighted by Crippen LogP contribution is 2.42. The van der Waals surface area contributed by atoms with Gasteiger partial charge in [-0.05, 0) is 48.3 Å². The molecule has 4 nitrogen and oxygen atoms in total. The lowest BCUT2D eigenvalue weighted by atomic mass is 10.0. The lowest BCUT2D eigenvalue weighted by molar-refractivity contribution is 0.205. The second kappa shape index (κ2) is 9.08. The SMILES string of the molecule is C[C@@H](O[Si](C)(C)C(C)(C)CBr)c1ccc(OCc2ccccc2)c2[nH]c(=O)ccc12. The molecule has 2 aromatic carbocycles. The molecule has 3 aromatic rings. The number of H-pyrrole nitrogens is 1. The summed E-state index contributed by atoms with van der Waals surface area (Å²) in [5, 5.41) is 1.94. The van der Waals surface area contributed by atoms with Crippen molar-refractivity contribution in [3.8, 4) is 5.75 Å². The summed E-state index contributed by atoms with van der Waals surface area (Å²) in [6.07, 6.45) is -0.0958. The molecule has 0 bridgehead atoms. The maximum atomic E-state index is 12.0. The van der Waals surface area contributed by atoms with E-state index in [9.17, 15) is 4.79 Å². The third-order valence-corrected chi connectivity index (χ3v) is 12.3. The number of hydrogen-bond acceptors (Lipinski definition) is 3. The third-order valence-electron chi connectivity index (χ3n) is 6.00. The van der Waals surface area contributed by atoms with Crippen LogP contribution in [0.4, 0.5) is 0 Å². The van der Waals surface area contributed by atoms with Crippen molar-refractivity contribution in [2.24, 2.45) is 0 Å².